The number of aromatic amines is 1. The lowest BCUT2D eigenvalue weighted by molar-refractivity contribution is 0.343. The molecule has 0 spiro atoms. The van der Waals surface area contributed by atoms with Gasteiger partial charge in [0.2, 0.25) is 0 Å². The average molecular weight is 278 g/mol. The van der Waals surface area contributed by atoms with E-state index in [0.29, 0.717) is 0 Å². The van der Waals surface area contributed by atoms with Crippen LogP contribution in [0.15, 0.2) is 48.7 Å². The van der Waals surface area contributed by atoms with Gasteiger partial charge in [-0.15, -0.1) is 0 Å². The lowest BCUT2D eigenvalue weighted by atomic mass is 9.93. The summed E-state index contributed by atoms with van der Waals surface area (Å²) in [6, 6.07) is 15.5. The summed E-state index contributed by atoms with van der Waals surface area (Å²) in [7, 11) is 4.29. The van der Waals surface area contributed by atoms with Crippen LogP contribution in [-0.2, 0) is 0 Å². The van der Waals surface area contributed by atoms with Gasteiger partial charge in [-0.2, -0.15) is 0 Å². The van der Waals surface area contributed by atoms with Crippen molar-refractivity contribution in [3.8, 4) is 0 Å². The quantitative estimate of drug-likeness (QED) is 0.750. The fourth-order valence-electron chi connectivity index (χ4n) is 3.18. The third-order valence-electron chi connectivity index (χ3n) is 4.15. The van der Waals surface area contributed by atoms with E-state index in [4.69, 9.17) is 0 Å². The van der Waals surface area contributed by atoms with Crippen molar-refractivity contribution in [3.05, 3.63) is 70.9 Å². The van der Waals surface area contributed by atoms with Crippen LogP contribution in [0, 0.1) is 13.8 Å². The minimum absolute atomic E-state index is 0.266. The third kappa shape index (κ3) is 2.47. The van der Waals surface area contributed by atoms with Crippen LogP contribution in [0.4, 0.5) is 0 Å². The number of nitrogens with zero attached hydrogens (tertiary/aromatic N) is 1. The van der Waals surface area contributed by atoms with Gasteiger partial charge in [-0.3, -0.25) is 4.90 Å². The second kappa shape index (κ2) is 5.38. The molecule has 0 aliphatic heterocycles. The number of para-hydroxylation sites is 1. The van der Waals surface area contributed by atoms with Crippen LogP contribution >= 0.6 is 0 Å². The number of benzene rings is 2. The van der Waals surface area contributed by atoms with Crippen LogP contribution < -0.4 is 0 Å². The van der Waals surface area contributed by atoms with Crippen molar-refractivity contribution >= 4 is 10.9 Å². The van der Waals surface area contributed by atoms with Gasteiger partial charge in [0.05, 0.1) is 6.04 Å². The van der Waals surface area contributed by atoms with Gasteiger partial charge in [0.25, 0.3) is 0 Å². The van der Waals surface area contributed by atoms with E-state index in [0.717, 1.165) is 0 Å². The van der Waals surface area contributed by atoms with E-state index in [-0.39, 0.29) is 6.04 Å². The van der Waals surface area contributed by atoms with Gasteiger partial charge in [0, 0.05) is 17.1 Å². The number of H-pyrrole nitrogens is 1. The molecule has 1 atom stereocenters. The van der Waals surface area contributed by atoms with Crippen LogP contribution in [-0.4, -0.2) is 24.0 Å². The molecule has 0 saturated carbocycles. The first kappa shape index (κ1) is 13.9. The fourth-order valence-corrected chi connectivity index (χ4v) is 3.18. The molecule has 1 heterocycles. The van der Waals surface area contributed by atoms with Gasteiger partial charge in [-0.05, 0) is 50.7 Å². The van der Waals surface area contributed by atoms with Crippen LogP contribution in [0.25, 0.3) is 10.9 Å². The Balaban J connectivity index is 2.18. The Morgan fingerprint density at radius 3 is 2.43 bits per heavy atom. The molecular formula is C19H22N2. The zero-order valence-corrected chi connectivity index (χ0v) is 13.1. The second-order valence-corrected chi connectivity index (χ2v) is 6.02. The van der Waals surface area contributed by atoms with Crippen molar-refractivity contribution in [3.63, 3.8) is 0 Å². The van der Waals surface area contributed by atoms with Crippen molar-refractivity contribution in [2.45, 2.75) is 19.9 Å². The number of rotatable bonds is 3. The highest BCUT2D eigenvalue weighted by Crippen LogP contribution is 2.34. The number of nitrogens with one attached hydrogen (secondary N) is 1. The third-order valence-corrected chi connectivity index (χ3v) is 4.15. The molecule has 3 aromatic rings. The van der Waals surface area contributed by atoms with E-state index in [1.165, 1.54) is 33.2 Å². The Hall–Kier alpha value is -2.06. The molecule has 108 valence electrons. The fraction of sp³-hybridized carbons (Fsp3) is 0.263. The lowest BCUT2D eigenvalue weighted by Crippen LogP contribution is -2.21. The number of fused-ring (bicyclic) bond motifs is 1. The number of aryl methyl sites for hydroxylation is 2. The first-order valence-corrected chi connectivity index (χ1v) is 7.37. The summed E-state index contributed by atoms with van der Waals surface area (Å²) in [5.74, 6) is 0. The summed E-state index contributed by atoms with van der Waals surface area (Å²) < 4.78 is 0. The standard InChI is InChI=1S/C19H22N2/c1-13-9-10-15(14(2)11-13)19(21(3)4)17-12-20-18-8-6-5-7-16(17)18/h5-12,19-20H,1-4H3. The summed E-state index contributed by atoms with van der Waals surface area (Å²) in [6.07, 6.45) is 2.15. The summed E-state index contributed by atoms with van der Waals surface area (Å²) in [5.41, 5.74) is 6.56. The average Bonchev–Trinajstić information content (AvgIpc) is 2.85. The summed E-state index contributed by atoms with van der Waals surface area (Å²) >= 11 is 0. The number of hydrogen-bond donors (Lipinski definition) is 1. The zero-order chi connectivity index (χ0) is 15.0. The molecule has 3 rings (SSSR count). The lowest BCUT2D eigenvalue weighted by Gasteiger charge is -2.26. The van der Waals surface area contributed by atoms with Crippen LogP contribution in [0.3, 0.4) is 0 Å². The van der Waals surface area contributed by atoms with E-state index in [1.807, 2.05) is 0 Å². The SMILES string of the molecule is Cc1ccc(C(c2c[nH]c3ccccc23)N(C)C)c(C)c1. The Morgan fingerprint density at radius 2 is 1.71 bits per heavy atom. The minimum Gasteiger partial charge on any atom is -0.361 e. The van der Waals surface area contributed by atoms with E-state index in [2.05, 4.69) is 86.5 Å². The van der Waals surface area contributed by atoms with Crippen molar-refractivity contribution in [1.29, 1.82) is 0 Å². The molecule has 1 unspecified atom stereocenters. The largest absolute Gasteiger partial charge is 0.361 e. The number of aromatic nitrogens is 1. The van der Waals surface area contributed by atoms with Gasteiger partial charge in [0.15, 0.2) is 0 Å². The maximum Gasteiger partial charge on any atom is 0.0620 e. The van der Waals surface area contributed by atoms with E-state index >= 15 is 0 Å². The molecule has 2 heteroatoms. The Kier molecular flexibility index (Phi) is 3.56. The molecule has 2 aromatic carbocycles. The van der Waals surface area contributed by atoms with Crippen molar-refractivity contribution in [2.75, 3.05) is 14.1 Å². The van der Waals surface area contributed by atoms with Crippen LogP contribution in [0.1, 0.15) is 28.3 Å². The topological polar surface area (TPSA) is 19.0 Å². The molecule has 0 aliphatic carbocycles. The molecule has 1 aromatic heterocycles. The van der Waals surface area contributed by atoms with Gasteiger partial charge in [-0.25, -0.2) is 0 Å². The molecule has 0 amide bonds. The van der Waals surface area contributed by atoms with E-state index in [9.17, 15) is 0 Å². The van der Waals surface area contributed by atoms with Crippen molar-refractivity contribution in [1.82, 2.24) is 9.88 Å². The maximum atomic E-state index is 3.40. The molecule has 2 nitrogen and oxygen atoms in total. The van der Waals surface area contributed by atoms with Gasteiger partial charge in [-0.1, -0.05) is 42.0 Å². The number of hydrogen-bond acceptors (Lipinski definition) is 1. The molecule has 1 N–H and O–H groups in total. The molecule has 0 saturated heterocycles. The monoisotopic (exact) mass is 278 g/mol. The van der Waals surface area contributed by atoms with Crippen molar-refractivity contribution in [2.24, 2.45) is 0 Å². The molecule has 0 fully saturated rings. The van der Waals surface area contributed by atoms with Gasteiger partial charge >= 0.3 is 0 Å². The normalized spacial score (nSPS) is 13.0. The van der Waals surface area contributed by atoms with Crippen LogP contribution in [0.5, 0.6) is 0 Å². The summed E-state index contributed by atoms with van der Waals surface area (Å²) in [6.45, 7) is 4.35. The molecular weight excluding hydrogens is 256 g/mol. The Morgan fingerprint density at radius 1 is 0.952 bits per heavy atom. The smallest absolute Gasteiger partial charge is 0.0620 e. The molecule has 0 aliphatic rings. The van der Waals surface area contributed by atoms with E-state index in [1.54, 1.807) is 0 Å². The predicted molar refractivity (Wildman–Crippen MR) is 89.7 cm³/mol. The highest BCUT2D eigenvalue weighted by atomic mass is 15.1. The van der Waals surface area contributed by atoms with Crippen molar-refractivity contribution < 1.29 is 0 Å². The van der Waals surface area contributed by atoms with Gasteiger partial charge < -0.3 is 4.98 Å². The van der Waals surface area contributed by atoms with Crippen LogP contribution in [0.2, 0.25) is 0 Å². The predicted octanol–water partition coefficient (Wildman–Crippen LogP) is 4.44. The summed E-state index contributed by atoms with van der Waals surface area (Å²) in [4.78, 5) is 5.68. The minimum atomic E-state index is 0.266. The molecule has 21 heavy (non-hydrogen) atoms. The molecule has 0 bridgehead atoms. The molecule has 0 radical (unpaired) electrons. The highest BCUT2D eigenvalue weighted by molar-refractivity contribution is 5.84. The highest BCUT2D eigenvalue weighted by Gasteiger charge is 2.21. The Bertz CT molecular complexity index is 768. The zero-order valence-electron chi connectivity index (χ0n) is 13.1. The van der Waals surface area contributed by atoms with E-state index < -0.39 is 0 Å². The first-order chi connectivity index (χ1) is 10.1. The summed E-state index contributed by atoms with van der Waals surface area (Å²) in [5, 5.41) is 1.30. The van der Waals surface area contributed by atoms with Gasteiger partial charge in [0.1, 0.15) is 0 Å². The first-order valence-electron chi connectivity index (χ1n) is 7.37. The second-order valence-electron chi connectivity index (χ2n) is 6.02. The maximum absolute atomic E-state index is 3.40. The Labute approximate surface area is 126 Å².